The fraction of sp³-hybridized carbons (Fsp3) is 0.176. The number of para-hydroxylation sites is 1. The molecule has 3 aromatic rings. The van der Waals surface area contributed by atoms with Crippen molar-refractivity contribution in [2.24, 2.45) is 5.73 Å². The monoisotopic (exact) mass is 266 g/mol. The van der Waals surface area contributed by atoms with Gasteiger partial charge in [0.2, 0.25) is 0 Å². The molecule has 0 aliphatic rings. The molecule has 2 N–H and O–H groups in total. The van der Waals surface area contributed by atoms with E-state index in [9.17, 15) is 0 Å². The smallest absolute Gasteiger partial charge is 0.136 e. The first-order chi connectivity index (χ1) is 9.78. The van der Waals surface area contributed by atoms with Crippen LogP contribution in [0.2, 0.25) is 0 Å². The molecular weight excluding hydrogens is 248 g/mol. The Bertz CT molecular complexity index is 700. The van der Waals surface area contributed by atoms with E-state index in [4.69, 9.17) is 10.2 Å². The maximum absolute atomic E-state index is 5.62. The van der Waals surface area contributed by atoms with E-state index in [0.29, 0.717) is 6.54 Å². The Morgan fingerprint density at radius 3 is 2.45 bits per heavy atom. The average molecular weight is 266 g/mol. The Balaban J connectivity index is 1.83. The van der Waals surface area contributed by atoms with Crippen LogP contribution in [0, 0.1) is 0 Å². The largest absolute Gasteiger partial charge is 0.462 e. The predicted octanol–water partition coefficient (Wildman–Crippen LogP) is 3.53. The van der Waals surface area contributed by atoms with Gasteiger partial charge < -0.3 is 15.1 Å². The van der Waals surface area contributed by atoms with Crippen LogP contribution >= 0.6 is 0 Å². The molecule has 0 bridgehead atoms. The average Bonchev–Trinajstić information content (AvgIpc) is 2.92. The summed E-state index contributed by atoms with van der Waals surface area (Å²) in [7, 11) is 2.08. The summed E-state index contributed by atoms with van der Waals surface area (Å²) in [5.74, 6) is 0. The van der Waals surface area contributed by atoms with Crippen molar-refractivity contribution in [1.29, 1.82) is 0 Å². The molecule has 0 radical (unpaired) electrons. The second-order valence-corrected chi connectivity index (χ2v) is 4.99. The van der Waals surface area contributed by atoms with Gasteiger partial charge in [0, 0.05) is 25.5 Å². The van der Waals surface area contributed by atoms with E-state index in [1.165, 1.54) is 5.56 Å². The number of hydrogen-bond donors (Lipinski definition) is 1. The molecule has 0 amide bonds. The third-order valence-electron chi connectivity index (χ3n) is 3.55. The van der Waals surface area contributed by atoms with Gasteiger partial charge in [0.25, 0.3) is 0 Å². The van der Waals surface area contributed by atoms with E-state index in [1.807, 2.05) is 24.5 Å². The molecule has 0 aliphatic heterocycles. The van der Waals surface area contributed by atoms with Gasteiger partial charge in [-0.05, 0) is 23.3 Å². The number of hydrogen-bond acceptors (Lipinski definition) is 3. The summed E-state index contributed by atoms with van der Waals surface area (Å²) >= 11 is 0. The molecule has 0 saturated heterocycles. The number of nitrogens with two attached hydrogens (primary N) is 1. The second-order valence-electron chi connectivity index (χ2n) is 4.99. The third kappa shape index (κ3) is 2.40. The summed E-state index contributed by atoms with van der Waals surface area (Å²) in [5.41, 5.74) is 10.1. The highest BCUT2D eigenvalue weighted by Crippen LogP contribution is 2.28. The highest BCUT2D eigenvalue weighted by atomic mass is 16.3. The molecule has 2 aromatic carbocycles. The van der Waals surface area contributed by atoms with E-state index in [0.717, 1.165) is 28.8 Å². The second kappa shape index (κ2) is 5.39. The van der Waals surface area contributed by atoms with Crippen LogP contribution in [0.1, 0.15) is 11.1 Å². The van der Waals surface area contributed by atoms with Crippen LogP contribution in [-0.2, 0) is 13.1 Å². The van der Waals surface area contributed by atoms with Crippen molar-refractivity contribution >= 4 is 16.7 Å². The molecule has 3 heteroatoms. The molecule has 0 saturated carbocycles. The number of benzene rings is 2. The standard InChI is InChI=1S/C17H18N2O/c1-19(11-14-8-6-13(10-18)7-9-14)16-12-20-17-5-3-2-4-15(16)17/h2-9,12H,10-11,18H2,1H3. The van der Waals surface area contributed by atoms with Crippen molar-refractivity contribution in [2.75, 3.05) is 11.9 Å². The van der Waals surface area contributed by atoms with E-state index >= 15 is 0 Å². The van der Waals surface area contributed by atoms with E-state index in [1.54, 1.807) is 0 Å². The first-order valence-corrected chi connectivity index (χ1v) is 6.73. The molecule has 0 fully saturated rings. The van der Waals surface area contributed by atoms with E-state index in [2.05, 4.69) is 42.3 Å². The zero-order valence-corrected chi connectivity index (χ0v) is 11.5. The molecule has 0 aliphatic carbocycles. The minimum atomic E-state index is 0.586. The molecule has 102 valence electrons. The lowest BCUT2D eigenvalue weighted by Gasteiger charge is -2.18. The van der Waals surface area contributed by atoms with Gasteiger partial charge in [0.05, 0.1) is 5.69 Å². The fourth-order valence-electron chi connectivity index (χ4n) is 2.40. The highest BCUT2D eigenvalue weighted by molar-refractivity contribution is 5.90. The van der Waals surface area contributed by atoms with Gasteiger partial charge in [-0.15, -0.1) is 0 Å². The van der Waals surface area contributed by atoms with Gasteiger partial charge in [0.15, 0.2) is 0 Å². The number of fused-ring (bicyclic) bond motifs is 1. The van der Waals surface area contributed by atoms with Gasteiger partial charge in [0.1, 0.15) is 11.8 Å². The number of anilines is 1. The van der Waals surface area contributed by atoms with Crippen LogP contribution in [0.3, 0.4) is 0 Å². The van der Waals surface area contributed by atoms with Gasteiger partial charge >= 0.3 is 0 Å². The van der Waals surface area contributed by atoms with Crippen molar-refractivity contribution < 1.29 is 4.42 Å². The van der Waals surface area contributed by atoms with Crippen molar-refractivity contribution in [3.8, 4) is 0 Å². The number of nitrogens with zero attached hydrogens (tertiary/aromatic N) is 1. The Morgan fingerprint density at radius 2 is 1.70 bits per heavy atom. The first kappa shape index (κ1) is 12.8. The summed E-state index contributed by atoms with van der Waals surface area (Å²) < 4.78 is 5.59. The molecule has 3 nitrogen and oxygen atoms in total. The number of rotatable bonds is 4. The topological polar surface area (TPSA) is 42.4 Å². The molecule has 3 rings (SSSR count). The van der Waals surface area contributed by atoms with E-state index in [-0.39, 0.29) is 0 Å². The predicted molar refractivity (Wildman–Crippen MR) is 82.7 cm³/mol. The molecular formula is C17H18N2O. The zero-order valence-electron chi connectivity index (χ0n) is 11.5. The zero-order chi connectivity index (χ0) is 13.9. The van der Waals surface area contributed by atoms with Crippen molar-refractivity contribution in [1.82, 2.24) is 0 Å². The maximum atomic E-state index is 5.62. The van der Waals surface area contributed by atoms with Crippen LogP contribution in [0.15, 0.2) is 59.2 Å². The van der Waals surface area contributed by atoms with Crippen LogP contribution in [0.25, 0.3) is 11.0 Å². The normalized spacial score (nSPS) is 10.9. The van der Waals surface area contributed by atoms with Gasteiger partial charge in [-0.1, -0.05) is 36.4 Å². The maximum Gasteiger partial charge on any atom is 0.136 e. The summed E-state index contributed by atoms with van der Waals surface area (Å²) in [6.07, 6.45) is 1.82. The molecule has 1 heterocycles. The lowest BCUT2D eigenvalue weighted by Crippen LogP contribution is -2.15. The Morgan fingerprint density at radius 1 is 1.00 bits per heavy atom. The van der Waals surface area contributed by atoms with Crippen LogP contribution < -0.4 is 10.6 Å². The Hall–Kier alpha value is -2.26. The first-order valence-electron chi connectivity index (χ1n) is 6.73. The number of furan rings is 1. The van der Waals surface area contributed by atoms with Crippen LogP contribution in [0.4, 0.5) is 5.69 Å². The molecule has 0 atom stereocenters. The van der Waals surface area contributed by atoms with Gasteiger partial charge in [-0.3, -0.25) is 0 Å². The quantitative estimate of drug-likeness (QED) is 0.785. The van der Waals surface area contributed by atoms with Crippen molar-refractivity contribution in [3.63, 3.8) is 0 Å². The highest BCUT2D eigenvalue weighted by Gasteiger charge is 2.09. The summed E-state index contributed by atoms with van der Waals surface area (Å²) in [5, 5.41) is 1.15. The lowest BCUT2D eigenvalue weighted by molar-refractivity contribution is 0.614. The van der Waals surface area contributed by atoms with E-state index < -0.39 is 0 Å². The SMILES string of the molecule is CN(Cc1ccc(CN)cc1)c1coc2ccccc12. The van der Waals surface area contributed by atoms with Crippen LogP contribution in [-0.4, -0.2) is 7.05 Å². The molecule has 20 heavy (non-hydrogen) atoms. The summed E-state index contributed by atoms with van der Waals surface area (Å²) in [4.78, 5) is 2.20. The molecule has 1 aromatic heterocycles. The Kier molecular flexibility index (Phi) is 3.44. The minimum absolute atomic E-state index is 0.586. The molecule has 0 spiro atoms. The third-order valence-corrected chi connectivity index (χ3v) is 3.55. The van der Waals surface area contributed by atoms with Gasteiger partial charge in [-0.2, -0.15) is 0 Å². The van der Waals surface area contributed by atoms with Crippen molar-refractivity contribution in [2.45, 2.75) is 13.1 Å². The lowest BCUT2D eigenvalue weighted by atomic mass is 10.1. The van der Waals surface area contributed by atoms with Crippen LogP contribution in [0.5, 0.6) is 0 Å². The fourth-order valence-corrected chi connectivity index (χ4v) is 2.40. The summed E-state index contributed by atoms with van der Waals surface area (Å²) in [6.45, 7) is 1.43. The summed E-state index contributed by atoms with van der Waals surface area (Å²) in [6, 6.07) is 16.5. The van der Waals surface area contributed by atoms with Gasteiger partial charge in [-0.25, -0.2) is 0 Å². The van der Waals surface area contributed by atoms with Crippen molar-refractivity contribution in [3.05, 3.63) is 65.9 Å². The minimum Gasteiger partial charge on any atom is -0.462 e. The molecule has 0 unspecified atom stereocenters. The Labute approximate surface area is 118 Å².